The molecule has 8 heteroatoms. The Balaban J connectivity index is 1.55. The fourth-order valence-corrected chi connectivity index (χ4v) is 2.96. The van der Waals surface area contributed by atoms with Crippen molar-refractivity contribution in [3.8, 4) is 17.2 Å². The third kappa shape index (κ3) is 5.07. The largest absolute Gasteiger partial charge is 0.497 e. The van der Waals surface area contributed by atoms with Crippen LogP contribution in [0.2, 0.25) is 0 Å². The lowest BCUT2D eigenvalue weighted by Gasteiger charge is -2.09. The topological polar surface area (TPSA) is 77.2 Å². The van der Waals surface area contributed by atoms with E-state index in [2.05, 4.69) is 15.5 Å². The first kappa shape index (κ1) is 18.9. The third-order valence-electron chi connectivity index (χ3n) is 3.77. The highest BCUT2D eigenvalue weighted by molar-refractivity contribution is 8.00. The molecule has 1 amide bonds. The zero-order valence-electron chi connectivity index (χ0n) is 14.8. The van der Waals surface area contributed by atoms with Gasteiger partial charge in [0.2, 0.25) is 11.8 Å². The number of amides is 1. The minimum Gasteiger partial charge on any atom is -0.497 e. The Labute approximate surface area is 160 Å². The Morgan fingerprint density at radius 1 is 1.19 bits per heavy atom. The molecule has 0 aliphatic rings. The Morgan fingerprint density at radius 2 is 1.89 bits per heavy atom. The zero-order chi connectivity index (χ0) is 19.2. The number of aromatic nitrogens is 2. The van der Waals surface area contributed by atoms with Gasteiger partial charge in [0.25, 0.3) is 5.22 Å². The van der Waals surface area contributed by atoms with Gasteiger partial charge in [-0.3, -0.25) is 4.79 Å². The Morgan fingerprint density at radius 3 is 2.56 bits per heavy atom. The summed E-state index contributed by atoms with van der Waals surface area (Å²) in [5, 5.41) is 10.7. The van der Waals surface area contributed by atoms with E-state index < -0.39 is 5.25 Å². The van der Waals surface area contributed by atoms with Crippen LogP contribution in [0.15, 0.2) is 58.2 Å². The van der Waals surface area contributed by atoms with E-state index >= 15 is 0 Å². The molecular weight excluding hydrogens is 369 g/mol. The second-order valence-electron chi connectivity index (χ2n) is 5.71. The van der Waals surface area contributed by atoms with Crippen molar-refractivity contribution in [2.45, 2.75) is 23.9 Å². The lowest BCUT2D eigenvalue weighted by atomic mass is 10.2. The van der Waals surface area contributed by atoms with E-state index in [9.17, 15) is 9.18 Å². The summed E-state index contributed by atoms with van der Waals surface area (Å²) >= 11 is 1.18. The monoisotopic (exact) mass is 387 g/mol. The van der Waals surface area contributed by atoms with E-state index in [0.29, 0.717) is 17.7 Å². The van der Waals surface area contributed by atoms with Gasteiger partial charge in [-0.1, -0.05) is 23.9 Å². The molecule has 0 bridgehead atoms. The summed E-state index contributed by atoms with van der Waals surface area (Å²) in [6.07, 6.45) is 0. The fraction of sp³-hybridized carbons (Fsp3) is 0.211. The highest BCUT2D eigenvalue weighted by atomic mass is 32.2. The van der Waals surface area contributed by atoms with Gasteiger partial charge in [-0.2, -0.15) is 0 Å². The molecule has 0 aliphatic carbocycles. The molecule has 3 rings (SSSR count). The molecule has 0 radical (unpaired) electrons. The maximum absolute atomic E-state index is 12.9. The molecule has 0 fully saturated rings. The number of nitrogens with zero attached hydrogens (tertiary/aromatic N) is 2. The predicted octanol–water partition coefficient (Wildman–Crippen LogP) is 3.68. The first-order valence-corrected chi connectivity index (χ1v) is 9.10. The maximum Gasteiger partial charge on any atom is 0.277 e. The number of thioether (sulfide) groups is 1. The second-order valence-corrected chi connectivity index (χ2v) is 7.00. The second kappa shape index (κ2) is 8.68. The molecule has 0 saturated heterocycles. The molecule has 0 unspecified atom stereocenters. The number of hydrogen-bond acceptors (Lipinski definition) is 6. The molecule has 0 spiro atoms. The van der Waals surface area contributed by atoms with Crippen molar-refractivity contribution in [3.63, 3.8) is 0 Å². The Bertz CT molecular complexity index is 897. The van der Waals surface area contributed by atoms with Gasteiger partial charge >= 0.3 is 0 Å². The SMILES string of the molecule is COc1ccc(-c2nnc(S[C@H](C)C(=O)NCc3ccc(F)cc3)o2)cc1. The smallest absolute Gasteiger partial charge is 0.277 e. The van der Waals surface area contributed by atoms with E-state index in [-0.39, 0.29) is 11.7 Å². The number of carbonyl (C=O) groups is 1. The van der Waals surface area contributed by atoms with Crippen LogP contribution in [0.5, 0.6) is 5.75 Å². The zero-order valence-corrected chi connectivity index (χ0v) is 15.6. The number of methoxy groups -OCH3 is 1. The van der Waals surface area contributed by atoms with Crippen LogP contribution in [0, 0.1) is 5.82 Å². The Kier molecular flexibility index (Phi) is 6.08. The van der Waals surface area contributed by atoms with Gasteiger partial charge in [-0.15, -0.1) is 10.2 Å². The minimum absolute atomic E-state index is 0.173. The molecule has 6 nitrogen and oxygen atoms in total. The van der Waals surface area contributed by atoms with Crippen LogP contribution in [0.1, 0.15) is 12.5 Å². The molecule has 1 heterocycles. The third-order valence-corrected chi connectivity index (χ3v) is 4.70. The van der Waals surface area contributed by atoms with E-state index in [1.807, 2.05) is 12.1 Å². The fourth-order valence-electron chi connectivity index (χ4n) is 2.25. The van der Waals surface area contributed by atoms with Gasteiger partial charge in [-0.25, -0.2) is 4.39 Å². The van der Waals surface area contributed by atoms with Gasteiger partial charge in [-0.05, 0) is 48.9 Å². The van der Waals surface area contributed by atoms with Gasteiger partial charge in [0.1, 0.15) is 11.6 Å². The number of rotatable bonds is 7. The average molecular weight is 387 g/mol. The molecule has 0 aliphatic heterocycles. The molecule has 0 saturated carbocycles. The lowest BCUT2D eigenvalue weighted by molar-refractivity contribution is -0.120. The molecule has 1 N–H and O–H groups in total. The highest BCUT2D eigenvalue weighted by Gasteiger charge is 2.18. The molecule has 2 aromatic carbocycles. The lowest BCUT2D eigenvalue weighted by Crippen LogP contribution is -2.30. The summed E-state index contributed by atoms with van der Waals surface area (Å²) in [6, 6.07) is 13.2. The van der Waals surface area contributed by atoms with Gasteiger partial charge in [0.05, 0.1) is 12.4 Å². The van der Waals surface area contributed by atoms with Crippen molar-refractivity contribution in [2.75, 3.05) is 7.11 Å². The quantitative estimate of drug-likeness (QED) is 0.623. The number of halogens is 1. The van der Waals surface area contributed by atoms with Crippen molar-refractivity contribution < 1.29 is 18.3 Å². The number of benzene rings is 2. The van der Waals surface area contributed by atoms with E-state index in [0.717, 1.165) is 16.9 Å². The van der Waals surface area contributed by atoms with E-state index in [1.165, 1.54) is 23.9 Å². The number of nitrogens with one attached hydrogen (secondary N) is 1. The van der Waals surface area contributed by atoms with Crippen molar-refractivity contribution in [1.82, 2.24) is 15.5 Å². The van der Waals surface area contributed by atoms with Crippen LogP contribution in [0.4, 0.5) is 4.39 Å². The van der Waals surface area contributed by atoms with Gasteiger partial charge in [0.15, 0.2) is 0 Å². The summed E-state index contributed by atoms with van der Waals surface area (Å²) in [7, 11) is 1.60. The number of carbonyl (C=O) groups excluding carboxylic acids is 1. The van der Waals surface area contributed by atoms with E-state index in [4.69, 9.17) is 9.15 Å². The maximum atomic E-state index is 12.9. The summed E-state index contributed by atoms with van der Waals surface area (Å²) < 4.78 is 23.6. The van der Waals surface area contributed by atoms with Crippen LogP contribution in [-0.4, -0.2) is 28.5 Å². The Hall–Kier alpha value is -2.87. The van der Waals surface area contributed by atoms with Gasteiger partial charge in [0, 0.05) is 12.1 Å². The first-order valence-electron chi connectivity index (χ1n) is 8.22. The predicted molar refractivity (Wildman–Crippen MR) is 99.9 cm³/mol. The number of ether oxygens (including phenoxy) is 1. The normalized spacial score (nSPS) is 11.8. The van der Waals surface area contributed by atoms with Crippen molar-refractivity contribution in [2.24, 2.45) is 0 Å². The number of hydrogen-bond donors (Lipinski definition) is 1. The van der Waals surface area contributed by atoms with Crippen LogP contribution >= 0.6 is 11.8 Å². The van der Waals surface area contributed by atoms with Gasteiger partial charge < -0.3 is 14.5 Å². The van der Waals surface area contributed by atoms with Crippen LogP contribution in [0.3, 0.4) is 0 Å². The first-order chi connectivity index (χ1) is 13.0. The van der Waals surface area contributed by atoms with Crippen molar-refractivity contribution >= 4 is 17.7 Å². The minimum atomic E-state index is -0.422. The average Bonchev–Trinajstić information content (AvgIpc) is 3.15. The summed E-state index contributed by atoms with van der Waals surface area (Å²) in [4.78, 5) is 12.2. The van der Waals surface area contributed by atoms with Crippen molar-refractivity contribution in [3.05, 3.63) is 59.9 Å². The molecule has 1 aromatic heterocycles. The van der Waals surface area contributed by atoms with Crippen LogP contribution in [0.25, 0.3) is 11.5 Å². The van der Waals surface area contributed by atoms with Crippen molar-refractivity contribution in [1.29, 1.82) is 0 Å². The molecular formula is C19H18FN3O3S. The molecule has 1 atom stereocenters. The summed E-state index contributed by atoms with van der Waals surface area (Å²) in [6.45, 7) is 2.08. The standard InChI is InChI=1S/C19H18FN3O3S/c1-12(17(24)21-11-13-3-7-15(20)8-4-13)27-19-23-22-18(26-19)14-5-9-16(25-2)10-6-14/h3-10,12H,11H2,1-2H3,(H,21,24)/t12-/m1/s1. The molecule has 27 heavy (non-hydrogen) atoms. The van der Waals surface area contributed by atoms with Crippen LogP contribution in [-0.2, 0) is 11.3 Å². The highest BCUT2D eigenvalue weighted by Crippen LogP contribution is 2.27. The molecule has 3 aromatic rings. The van der Waals surface area contributed by atoms with Crippen LogP contribution < -0.4 is 10.1 Å². The summed E-state index contributed by atoms with van der Waals surface area (Å²) in [5.41, 5.74) is 1.59. The van der Waals surface area contributed by atoms with E-state index in [1.54, 1.807) is 38.3 Å². The molecule has 140 valence electrons. The summed E-state index contributed by atoms with van der Waals surface area (Å²) in [5.74, 6) is 0.630.